The van der Waals surface area contributed by atoms with Gasteiger partial charge in [-0.2, -0.15) is 4.98 Å². The van der Waals surface area contributed by atoms with Crippen molar-refractivity contribution in [1.82, 2.24) is 14.9 Å². The minimum Gasteiger partial charge on any atom is -0.316 e. The Morgan fingerprint density at radius 2 is 2.00 bits per heavy atom. The summed E-state index contributed by atoms with van der Waals surface area (Å²) in [6.07, 6.45) is 2.06. The van der Waals surface area contributed by atoms with Gasteiger partial charge in [0.05, 0.1) is 10.2 Å². The van der Waals surface area contributed by atoms with Gasteiger partial charge < -0.3 is 5.32 Å². The van der Waals surface area contributed by atoms with Crippen LogP contribution in [0, 0.1) is 19.8 Å². The van der Waals surface area contributed by atoms with Crippen LogP contribution in [0.2, 0.25) is 0 Å². The first-order chi connectivity index (χ1) is 8.93. The van der Waals surface area contributed by atoms with E-state index in [1.54, 1.807) is 4.57 Å². The number of nitrogens with one attached hydrogen (secondary N) is 1. The van der Waals surface area contributed by atoms with Crippen molar-refractivity contribution in [2.24, 2.45) is 5.92 Å². The summed E-state index contributed by atoms with van der Waals surface area (Å²) < 4.78 is 2.68. The summed E-state index contributed by atoms with van der Waals surface area (Å²) in [7, 11) is 0. The second kappa shape index (κ2) is 7.80. The van der Waals surface area contributed by atoms with Crippen LogP contribution in [0.3, 0.4) is 0 Å². The lowest BCUT2D eigenvalue weighted by atomic mass is 10.2. The van der Waals surface area contributed by atoms with Crippen molar-refractivity contribution in [2.75, 3.05) is 13.1 Å². The second-order valence-corrected chi connectivity index (χ2v) is 6.13. The SMILES string of the molecule is Cc1nc(=O)n(CCCCNCC(C)C)c(C)c1Br. The summed E-state index contributed by atoms with van der Waals surface area (Å²) in [4.78, 5) is 15.9. The molecule has 0 aliphatic carbocycles. The molecule has 1 heterocycles. The largest absolute Gasteiger partial charge is 0.348 e. The summed E-state index contributed by atoms with van der Waals surface area (Å²) in [5, 5.41) is 3.41. The van der Waals surface area contributed by atoms with Gasteiger partial charge in [0.2, 0.25) is 0 Å². The zero-order valence-corrected chi connectivity index (χ0v) is 13.9. The Balaban J connectivity index is 2.46. The first-order valence-corrected chi connectivity index (χ1v) is 7.67. The normalized spacial score (nSPS) is 11.3. The molecular formula is C14H24BrN3O. The van der Waals surface area contributed by atoms with E-state index in [0.717, 1.165) is 48.3 Å². The van der Waals surface area contributed by atoms with E-state index < -0.39 is 0 Å². The van der Waals surface area contributed by atoms with Crippen LogP contribution >= 0.6 is 15.9 Å². The third-order valence-electron chi connectivity index (χ3n) is 3.07. The predicted octanol–water partition coefficient (Wildman–Crippen LogP) is 2.65. The van der Waals surface area contributed by atoms with Crippen LogP contribution in [0.25, 0.3) is 0 Å². The molecule has 1 N–H and O–H groups in total. The molecule has 0 fully saturated rings. The highest BCUT2D eigenvalue weighted by Crippen LogP contribution is 2.16. The molecule has 0 atom stereocenters. The van der Waals surface area contributed by atoms with E-state index >= 15 is 0 Å². The number of nitrogens with zero attached hydrogens (tertiary/aromatic N) is 2. The van der Waals surface area contributed by atoms with Crippen molar-refractivity contribution < 1.29 is 0 Å². The maximum atomic E-state index is 11.8. The topological polar surface area (TPSA) is 46.9 Å². The van der Waals surface area contributed by atoms with E-state index in [9.17, 15) is 4.79 Å². The predicted molar refractivity (Wildman–Crippen MR) is 82.6 cm³/mol. The van der Waals surface area contributed by atoms with Crippen LogP contribution < -0.4 is 11.0 Å². The van der Waals surface area contributed by atoms with E-state index in [0.29, 0.717) is 5.92 Å². The van der Waals surface area contributed by atoms with Gasteiger partial charge in [-0.3, -0.25) is 4.57 Å². The molecule has 0 spiro atoms. The molecule has 0 aromatic carbocycles. The quantitative estimate of drug-likeness (QED) is 0.782. The van der Waals surface area contributed by atoms with Crippen LogP contribution in [0.4, 0.5) is 0 Å². The molecule has 0 saturated heterocycles. The monoisotopic (exact) mass is 329 g/mol. The Morgan fingerprint density at radius 3 is 2.63 bits per heavy atom. The third-order valence-corrected chi connectivity index (χ3v) is 4.22. The highest BCUT2D eigenvalue weighted by atomic mass is 79.9. The van der Waals surface area contributed by atoms with Crippen LogP contribution in [-0.4, -0.2) is 22.6 Å². The molecule has 0 bridgehead atoms. The summed E-state index contributed by atoms with van der Waals surface area (Å²) in [5.74, 6) is 0.683. The van der Waals surface area contributed by atoms with Crippen LogP contribution in [0.1, 0.15) is 38.1 Å². The van der Waals surface area contributed by atoms with Gasteiger partial charge >= 0.3 is 5.69 Å². The van der Waals surface area contributed by atoms with Crippen molar-refractivity contribution in [3.63, 3.8) is 0 Å². The fourth-order valence-corrected chi connectivity index (χ4v) is 2.25. The molecule has 19 heavy (non-hydrogen) atoms. The van der Waals surface area contributed by atoms with Crippen molar-refractivity contribution in [3.05, 3.63) is 26.3 Å². The maximum absolute atomic E-state index is 11.8. The molecule has 108 valence electrons. The molecule has 1 aromatic heterocycles. The van der Waals surface area contributed by atoms with Crippen molar-refractivity contribution in [3.8, 4) is 0 Å². The highest BCUT2D eigenvalue weighted by Gasteiger charge is 2.08. The van der Waals surface area contributed by atoms with Gasteiger partial charge in [0.1, 0.15) is 0 Å². The van der Waals surface area contributed by atoms with Crippen molar-refractivity contribution in [2.45, 2.75) is 47.1 Å². The lowest BCUT2D eigenvalue weighted by Crippen LogP contribution is -2.27. The summed E-state index contributed by atoms with van der Waals surface area (Å²) in [6.45, 7) is 11.0. The molecule has 0 amide bonds. The molecular weight excluding hydrogens is 306 g/mol. The zero-order chi connectivity index (χ0) is 14.4. The Hall–Kier alpha value is -0.680. The minimum atomic E-state index is -0.145. The Kier molecular flexibility index (Phi) is 6.72. The number of halogens is 1. The number of aromatic nitrogens is 2. The van der Waals surface area contributed by atoms with E-state index in [-0.39, 0.29) is 5.69 Å². The molecule has 4 nitrogen and oxygen atoms in total. The van der Waals surface area contributed by atoms with E-state index in [4.69, 9.17) is 0 Å². The van der Waals surface area contributed by atoms with Gasteiger partial charge in [-0.05, 0) is 61.6 Å². The van der Waals surface area contributed by atoms with Gasteiger partial charge in [-0.1, -0.05) is 13.8 Å². The standard InChI is InChI=1S/C14H24BrN3O/c1-10(2)9-16-7-5-6-8-18-12(4)13(15)11(3)17-14(18)19/h10,16H,5-9H2,1-4H3. The molecule has 0 radical (unpaired) electrons. The Labute approximate surface area is 123 Å². The van der Waals surface area contributed by atoms with Gasteiger partial charge in [-0.25, -0.2) is 4.79 Å². The average Bonchev–Trinajstić information content (AvgIpc) is 2.34. The molecule has 0 unspecified atom stereocenters. The van der Waals surface area contributed by atoms with E-state index in [2.05, 4.69) is 40.1 Å². The lowest BCUT2D eigenvalue weighted by molar-refractivity contribution is 0.509. The zero-order valence-electron chi connectivity index (χ0n) is 12.3. The van der Waals surface area contributed by atoms with Gasteiger partial charge in [0.25, 0.3) is 0 Å². The summed E-state index contributed by atoms with van der Waals surface area (Å²) in [6, 6.07) is 0. The number of rotatable bonds is 7. The number of hydrogen-bond acceptors (Lipinski definition) is 3. The molecule has 0 saturated carbocycles. The fraction of sp³-hybridized carbons (Fsp3) is 0.714. The third kappa shape index (κ3) is 5.07. The van der Waals surface area contributed by atoms with Gasteiger partial charge in [-0.15, -0.1) is 0 Å². The molecule has 0 aliphatic rings. The first-order valence-electron chi connectivity index (χ1n) is 6.87. The molecule has 5 heteroatoms. The molecule has 1 rings (SSSR count). The molecule has 0 aliphatic heterocycles. The van der Waals surface area contributed by atoms with Gasteiger partial charge in [0, 0.05) is 12.2 Å². The molecule has 1 aromatic rings. The van der Waals surface area contributed by atoms with Crippen LogP contribution in [0.15, 0.2) is 9.27 Å². The maximum Gasteiger partial charge on any atom is 0.348 e. The average molecular weight is 330 g/mol. The lowest BCUT2D eigenvalue weighted by Gasteiger charge is -2.12. The summed E-state index contributed by atoms with van der Waals surface area (Å²) >= 11 is 3.48. The Bertz CT molecular complexity index is 468. The number of unbranched alkanes of at least 4 members (excludes halogenated alkanes) is 1. The minimum absolute atomic E-state index is 0.145. The first kappa shape index (κ1) is 16.4. The van der Waals surface area contributed by atoms with Crippen LogP contribution in [0.5, 0.6) is 0 Å². The fourth-order valence-electron chi connectivity index (χ4n) is 1.95. The smallest absolute Gasteiger partial charge is 0.316 e. The number of hydrogen-bond donors (Lipinski definition) is 1. The van der Waals surface area contributed by atoms with E-state index in [1.165, 1.54) is 0 Å². The van der Waals surface area contributed by atoms with Crippen molar-refractivity contribution >= 4 is 15.9 Å². The van der Waals surface area contributed by atoms with Crippen molar-refractivity contribution in [1.29, 1.82) is 0 Å². The van der Waals surface area contributed by atoms with Crippen LogP contribution in [-0.2, 0) is 6.54 Å². The Morgan fingerprint density at radius 1 is 1.32 bits per heavy atom. The highest BCUT2D eigenvalue weighted by molar-refractivity contribution is 9.10. The summed E-state index contributed by atoms with van der Waals surface area (Å²) in [5.41, 5.74) is 1.58. The van der Waals surface area contributed by atoms with E-state index in [1.807, 2.05) is 13.8 Å². The second-order valence-electron chi connectivity index (χ2n) is 5.34. The van der Waals surface area contributed by atoms with Gasteiger partial charge in [0.15, 0.2) is 0 Å². The number of aryl methyl sites for hydroxylation is 1.